The van der Waals surface area contributed by atoms with E-state index in [4.69, 9.17) is 15.8 Å². The molecule has 0 amide bonds. The lowest BCUT2D eigenvalue weighted by atomic mass is 10.2. The van der Waals surface area contributed by atoms with Crippen LogP contribution >= 0.6 is 11.6 Å². The number of anilines is 1. The Labute approximate surface area is 136 Å². The van der Waals surface area contributed by atoms with Gasteiger partial charge in [0.05, 0.1) is 10.8 Å². The predicted octanol–water partition coefficient (Wildman–Crippen LogP) is 3.42. The minimum atomic E-state index is -3.82. The van der Waals surface area contributed by atoms with Crippen molar-refractivity contribution in [1.29, 1.82) is 0 Å². The Morgan fingerprint density at radius 2 is 1.73 bits per heavy atom. The number of benzene rings is 2. The molecule has 0 saturated heterocycles. The minimum Gasteiger partial charge on any atom is -0.382 e. The van der Waals surface area contributed by atoms with Crippen LogP contribution in [0, 0.1) is 6.92 Å². The molecule has 0 unspecified atom stereocenters. The third-order valence-corrected chi connectivity index (χ3v) is 4.77. The topological polar surface area (TPSA) is 55.4 Å². The van der Waals surface area contributed by atoms with Crippen LogP contribution in [-0.4, -0.2) is 26.9 Å². The molecule has 4 nitrogen and oxygen atoms in total. The molecule has 1 atom stereocenters. The van der Waals surface area contributed by atoms with Crippen LogP contribution in [0.4, 0.5) is 5.69 Å². The molecule has 0 spiro atoms. The Kier molecular flexibility index (Phi) is 5.83. The Balaban J connectivity index is 2.01. The number of alkyl halides is 1. The summed E-state index contributed by atoms with van der Waals surface area (Å²) >= 11 is 5.82. The summed E-state index contributed by atoms with van der Waals surface area (Å²) in [4.78, 5) is 0.132. The summed E-state index contributed by atoms with van der Waals surface area (Å²) in [7, 11) is -3.82. The molecule has 0 radical (unpaired) electrons. The van der Waals surface area contributed by atoms with Crippen LogP contribution in [-0.2, 0) is 14.3 Å². The van der Waals surface area contributed by atoms with Crippen molar-refractivity contribution in [2.24, 2.45) is 0 Å². The molecule has 22 heavy (non-hydrogen) atoms. The summed E-state index contributed by atoms with van der Waals surface area (Å²) in [6.07, 6.45) is -0.645. The molecule has 0 aliphatic rings. The normalized spacial score (nSPS) is 12.8. The van der Waals surface area contributed by atoms with Crippen molar-refractivity contribution in [1.82, 2.24) is 0 Å². The number of para-hydroxylation sites is 1. The van der Waals surface area contributed by atoms with Crippen LogP contribution in [0.15, 0.2) is 59.5 Å². The van der Waals surface area contributed by atoms with E-state index in [2.05, 4.69) is 5.32 Å². The van der Waals surface area contributed by atoms with Gasteiger partial charge in [0, 0.05) is 12.2 Å². The van der Waals surface area contributed by atoms with Gasteiger partial charge in [-0.3, -0.25) is 4.18 Å². The van der Waals surface area contributed by atoms with E-state index >= 15 is 0 Å². The van der Waals surface area contributed by atoms with Crippen molar-refractivity contribution in [3.8, 4) is 0 Å². The Morgan fingerprint density at radius 1 is 1.09 bits per heavy atom. The first-order chi connectivity index (χ1) is 10.5. The molecule has 1 N–H and O–H groups in total. The molecule has 0 aromatic heterocycles. The van der Waals surface area contributed by atoms with E-state index in [0.29, 0.717) is 6.54 Å². The van der Waals surface area contributed by atoms with Gasteiger partial charge in [-0.05, 0) is 31.2 Å². The van der Waals surface area contributed by atoms with Gasteiger partial charge in [0.2, 0.25) is 0 Å². The zero-order valence-corrected chi connectivity index (χ0v) is 13.8. The number of aryl methyl sites for hydroxylation is 1. The third-order valence-electron chi connectivity index (χ3n) is 3.05. The summed E-state index contributed by atoms with van der Waals surface area (Å²) in [5, 5.41) is 3.10. The quantitative estimate of drug-likeness (QED) is 0.620. The van der Waals surface area contributed by atoms with Crippen molar-refractivity contribution < 1.29 is 12.6 Å². The first-order valence-corrected chi connectivity index (χ1v) is 8.80. The summed E-state index contributed by atoms with van der Waals surface area (Å²) < 4.78 is 29.6. The summed E-state index contributed by atoms with van der Waals surface area (Å²) in [6, 6.07) is 16.0. The molecule has 0 aliphatic heterocycles. The molecule has 0 bridgehead atoms. The molecule has 0 fully saturated rings. The number of hydrogen-bond donors (Lipinski definition) is 1. The highest BCUT2D eigenvalue weighted by Crippen LogP contribution is 2.16. The van der Waals surface area contributed by atoms with E-state index < -0.39 is 16.2 Å². The lowest BCUT2D eigenvalue weighted by Gasteiger charge is -2.16. The van der Waals surface area contributed by atoms with Gasteiger partial charge >= 0.3 is 0 Å². The van der Waals surface area contributed by atoms with Crippen LogP contribution < -0.4 is 5.32 Å². The maximum absolute atomic E-state index is 12.2. The van der Waals surface area contributed by atoms with Gasteiger partial charge in [-0.15, -0.1) is 11.6 Å². The first kappa shape index (κ1) is 16.8. The summed E-state index contributed by atoms with van der Waals surface area (Å²) in [6.45, 7) is 2.20. The molecule has 6 heteroatoms. The SMILES string of the molecule is Cc1ccc(S(=O)(=O)O[C@H](CCl)CNc2ccccc2)cc1. The van der Waals surface area contributed by atoms with Crippen molar-refractivity contribution in [2.75, 3.05) is 17.7 Å². The van der Waals surface area contributed by atoms with E-state index in [1.807, 2.05) is 37.3 Å². The zero-order chi connectivity index (χ0) is 16.0. The monoisotopic (exact) mass is 339 g/mol. The Morgan fingerprint density at radius 3 is 2.32 bits per heavy atom. The zero-order valence-electron chi connectivity index (χ0n) is 12.2. The Hall–Kier alpha value is -1.56. The van der Waals surface area contributed by atoms with E-state index in [1.165, 1.54) is 12.1 Å². The summed E-state index contributed by atoms with van der Waals surface area (Å²) in [5.74, 6) is 0.0743. The van der Waals surface area contributed by atoms with Gasteiger partial charge in [0.25, 0.3) is 10.1 Å². The van der Waals surface area contributed by atoms with Gasteiger partial charge in [-0.2, -0.15) is 8.42 Å². The van der Waals surface area contributed by atoms with Gasteiger partial charge < -0.3 is 5.32 Å². The van der Waals surface area contributed by atoms with Gasteiger partial charge in [-0.1, -0.05) is 35.9 Å². The van der Waals surface area contributed by atoms with Gasteiger partial charge in [0.15, 0.2) is 0 Å². The molecule has 0 heterocycles. The molecule has 118 valence electrons. The molecule has 2 aromatic rings. The van der Waals surface area contributed by atoms with Crippen molar-refractivity contribution in [3.63, 3.8) is 0 Å². The van der Waals surface area contributed by atoms with E-state index in [-0.39, 0.29) is 10.8 Å². The highest BCUT2D eigenvalue weighted by Gasteiger charge is 2.21. The van der Waals surface area contributed by atoms with E-state index in [9.17, 15) is 8.42 Å². The van der Waals surface area contributed by atoms with Gasteiger partial charge in [0.1, 0.15) is 6.10 Å². The number of halogens is 1. The third kappa shape index (κ3) is 4.73. The molecular weight excluding hydrogens is 322 g/mol. The maximum atomic E-state index is 12.2. The second-order valence-electron chi connectivity index (χ2n) is 4.89. The fraction of sp³-hybridized carbons (Fsp3) is 0.250. The first-order valence-electron chi connectivity index (χ1n) is 6.86. The second-order valence-corrected chi connectivity index (χ2v) is 6.77. The number of rotatable bonds is 7. The maximum Gasteiger partial charge on any atom is 0.297 e. The van der Waals surface area contributed by atoms with Crippen LogP contribution in [0.5, 0.6) is 0 Å². The highest BCUT2D eigenvalue weighted by molar-refractivity contribution is 7.86. The van der Waals surface area contributed by atoms with E-state index in [1.54, 1.807) is 12.1 Å². The van der Waals surface area contributed by atoms with Crippen LogP contribution in [0.1, 0.15) is 5.56 Å². The largest absolute Gasteiger partial charge is 0.382 e. The fourth-order valence-corrected chi connectivity index (χ4v) is 3.16. The summed E-state index contributed by atoms with van der Waals surface area (Å²) in [5.41, 5.74) is 1.87. The smallest absolute Gasteiger partial charge is 0.297 e. The number of hydrogen-bond acceptors (Lipinski definition) is 4. The molecule has 2 aromatic carbocycles. The van der Waals surface area contributed by atoms with Crippen molar-refractivity contribution in [2.45, 2.75) is 17.9 Å². The highest BCUT2D eigenvalue weighted by atomic mass is 35.5. The van der Waals surface area contributed by atoms with Crippen LogP contribution in [0.25, 0.3) is 0 Å². The lowest BCUT2D eigenvalue weighted by molar-refractivity contribution is 0.244. The van der Waals surface area contributed by atoms with Crippen molar-refractivity contribution >= 4 is 27.4 Å². The average Bonchev–Trinajstić information content (AvgIpc) is 2.52. The average molecular weight is 340 g/mol. The lowest BCUT2D eigenvalue weighted by Crippen LogP contribution is -2.28. The minimum absolute atomic E-state index is 0.0743. The fourth-order valence-electron chi connectivity index (χ4n) is 1.84. The molecule has 0 aliphatic carbocycles. The molecule has 0 saturated carbocycles. The standard InChI is InChI=1S/C16H18ClNO3S/c1-13-7-9-16(10-8-13)22(19,20)21-15(11-17)12-18-14-5-3-2-4-6-14/h2-10,15,18H,11-12H2,1H3/t15-/m1/s1. The van der Waals surface area contributed by atoms with Crippen LogP contribution in [0.3, 0.4) is 0 Å². The second kappa shape index (κ2) is 7.63. The molecular formula is C16H18ClNO3S. The Bertz CT molecular complexity index is 687. The van der Waals surface area contributed by atoms with Gasteiger partial charge in [-0.25, -0.2) is 0 Å². The number of nitrogens with one attached hydrogen (secondary N) is 1. The molecule has 2 rings (SSSR count). The van der Waals surface area contributed by atoms with Crippen LogP contribution in [0.2, 0.25) is 0 Å². The predicted molar refractivity (Wildman–Crippen MR) is 88.9 cm³/mol. The van der Waals surface area contributed by atoms with Crippen molar-refractivity contribution in [3.05, 3.63) is 60.2 Å². The van der Waals surface area contributed by atoms with E-state index in [0.717, 1.165) is 11.3 Å².